The molecule has 0 aliphatic carbocycles. The van der Waals surface area contributed by atoms with Crippen molar-refractivity contribution in [2.75, 3.05) is 23.0 Å². The lowest BCUT2D eigenvalue weighted by molar-refractivity contribution is 0.417. The SMILES string of the molecule is COc1ccc(N2C(=S)N[C@H](c3ccccn3)[C@@H]2c2cccn2-c2nc3ccccc3s2)cc1NS(C)(=O)=O. The Balaban J connectivity index is 1.51. The Morgan fingerprint density at radius 1 is 1.08 bits per heavy atom. The summed E-state index contributed by atoms with van der Waals surface area (Å²) in [7, 11) is -2.05. The number of fused-ring (bicyclic) bond motifs is 1. The number of thiazole rings is 1. The monoisotopic (exact) mass is 576 g/mol. The molecule has 0 saturated carbocycles. The number of benzene rings is 2. The van der Waals surface area contributed by atoms with E-state index in [2.05, 4.69) is 31.7 Å². The summed E-state index contributed by atoms with van der Waals surface area (Å²) in [5, 5.41) is 4.78. The summed E-state index contributed by atoms with van der Waals surface area (Å²) in [6, 6.07) is 22.6. The first-order valence-corrected chi connectivity index (χ1v) is 15.1. The summed E-state index contributed by atoms with van der Waals surface area (Å²) >= 11 is 7.48. The van der Waals surface area contributed by atoms with Gasteiger partial charge in [-0.25, -0.2) is 13.4 Å². The zero-order valence-corrected chi connectivity index (χ0v) is 23.4. The van der Waals surface area contributed by atoms with E-state index in [0.29, 0.717) is 22.2 Å². The normalized spacial score (nSPS) is 17.4. The Morgan fingerprint density at radius 3 is 2.64 bits per heavy atom. The molecule has 1 aliphatic rings. The zero-order chi connectivity index (χ0) is 27.1. The van der Waals surface area contributed by atoms with Crippen LogP contribution in [0.3, 0.4) is 0 Å². The highest BCUT2D eigenvalue weighted by molar-refractivity contribution is 7.92. The second-order valence-electron chi connectivity index (χ2n) is 9.02. The van der Waals surface area contributed by atoms with Crippen molar-refractivity contribution in [3.63, 3.8) is 0 Å². The number of anilines is 2. The summed E-state index contributed by atoms with van der Waals surface area (Å²) in [4.78, 5) is 11.5. The van der Waals surface area contributed by atoms with Gasteiger partial charge in [-0.2, -0.15) is 0 Å². The number of nitrogens with one attached hydrogen (secondary N) is 2. The molecule has 4 heterocycles. The number of rotatable bonds is 7. The highest BCUT2D eigenvalue weighted by Gasteiger charge is 2.42. The first-order chi connectivity index (χ1) is 18.8. The topological polar surface area (TPSA) is 101 Å². The van der Waals surface area contributed by atoms with Crippen LogP contribution >= 0.6 is 23.6 Å². The van der Waals surface area contributed by atoms with Crippen molar-refractivity contribution >= 4 is 60.3 Å². The molecular weight excluding hydrogens is 553 g/mol. The highest BCUT2D eigenvalue weighted by atomic mass is 32.2. The average Bonchev–Trinajstić information content (AvgIpc) is 3.64. The predicted octanol–water partition coefficient (Wildman–Crippen LogP) is 5.04. The highest BCUT2D eigenvalue weighted by Crippen LogP contribution is 2.44. The van der Waals surface area contributed by atoms with E-state index in [-0.39, 0.29) is 12.1 Å². The number of hydrogen-bond donors (Lipinski definition) is 2. The minimum atomic E-state index is -3.55. The van der Waals surface area contributed by atoms with Crippen LogP contribution in [0.15, 0.2) is 85.2 Å². The van der Waals surface area contributed by atoms with Gasteiger partial charge in [-0.1, -0.05) is 29.5 Å². The smallest absolute Gasteiger partial charge is 0.229 e. The van der Waals surface area contributed by atoms with Gasteiger partial charge >= 0.3 is 0 Å². The molecule has 1 fully saturated rings. The van der Waals surface area contributed by atoms with Gasteiger partial charge in [0, 0.05) is 18.1 Å². The first-order valence-electron chi connectivity index (χ1n) is 12.0. The molecule has 2 aromatic carbocycles. The van der Waals surface area contributed by atoms with Crippen molar-refractivity contribution < 1.29 is 13.2 Å². The van der Waals surface area contributed by atoms with E-state index in [9.17, 15) is 8.42 Å². The number of pyridine rings is 1. The van der Waals surface area contributed by atoms with Gasteiger partial charge in [0.15, 0.2) is 10.2 Å². The predicted molar refractivity (Wildman–Crippen MR) is 158 cm³/mol. The van der Waals surface area contributed by atoms with Crippen molar-refractivity contribution in [3.8, 4) is 10.9 Å². The molecule has 6 rings (SSSR count). The van der Waals surface area contributed by atoms with Crippen LogP contribution in [0, 0.1) is 0 Å². The Labute approximate surface area is 235 Å². The molecule has 0 amide bonds. The Morgan fingerprint density at radius 2 is 1.90 bits per heavy atom. The van der Waals surface area contributed by atoms with Crippen LogP contribution in [-0.4, -0.2) is 41.4 Å². The zero-order valence-electron chi connectivity index (χ0n) is 21.0. The molecule has 0 spiro atoms. The van der Waals surface area contributed by atoms with Crippen LogP contribution < -0.4 is 19.7 Å². The molecule has 0 unspecified atom stereocenters. The van der Waals surface area contributed by atoms with Crippen LogP contribution in [0.5, 0.6) is 5.75 Å². The Hall–Kier alpha value is -4.00. The third kappa shape index (κ3) is 4.82. The molecule has 9 nitrogen and oxygen atoms in total. The number of nitrogens with zero attached hydrogens (tertiary/aromatic N) is 4. The quantitative estimate of drug-likeness (QED) is 0.260. The number of hydrogen-bond acceptors (Lipinski definition) is 7. The molecule has 3 aromatic heterocycles. The molecule has 1 aliphatic heterocycles. The minimum absolute atomic E-state index is 0.282. The summed E-state index contributed by atoms with van der Waals surface area (Å²) in [5.41, 5.74) is 3.72. The van der Waals surface area contributed by atoms with Crippen molar-refractivity contribution in [3.05, 3.63) is 96.6 Å². The van der Waals surface area contributed by atoms with Gasteiger partial charge in [0.05, 0.1) is 46.7 Å². The van der Waals surface area contributed by atoms with Crippen LogP contribution in [0.1, 0.15) is 23.5 Å². The fourth-order valence-corrected chi connectivity index (χ4v) is 6.71. The van der Waals surface area contributed by atoms with Gasteiger partial charge in [-0.15, -0.1) is 0 Å². The van der Waals surface area contributed by atoms with Gasteiger partial charge in [-0.3, -0.25) is 14.3 Å². The number of ether oxygens (including phenoxy) is 1. The molecule has 39 heavy (non-hydrogen) atoms. The molecule has 0 bridgehead atoms. The standard InChI is InChI=1S/C27H24N6O3S3/c1-36-22-13-12-17(16-20(22)31-39(2,34)35)33-25(24(30-26(33)37)19-9-5-6-14-28-19)21-10-7-15-32(21)27-29-18-8-3-4-11-23(18)38-27/h3-16,24-25,31H,1-2H3,(H,30,37)/t24-,25+/m1/s1. The van der Waals surface area contributed by atoms with Crippen molar-refractivity contribution in [1.82, 2.24) is 19.9 Å². The third-order valence-electron chi connectivity index (χ3n) is 6.43. The van der Waals surface area contributed by atoms with Gasteiger partial charge in [-0.05, 0) is 66.8 Å². The van der Waals surface area contributed by atoms with Crippen LogP contribution in [0.4, 0.5) is 11.4 Å². The Kier molecular flexibility index (Phi) is 6.45. The van der Waals surface area contributed by atoms with E-state index in [1.165, 1.54) is 7.11 Å². The van der Waals surface area contributed by atoms with Gasteiger partial charge < -0.3 is 15.0 Å². The third-order valence-corrected chi connectivity index (χ3v) is 8.37. The van der Waals surface area contributed by atoms with Crippen molar-refractivity contribution in [2.24, 2.45) is 0 Å². The second kappa shape index (κ2) is 9.95. The van der Waals surface area contributed by atoms with E-state index in [1.807, 2.05) is 59.6 Å². The van der Waals surface area contributed by atoms with Crippen LogP contribution in [-0.2, 0) is 10.0 Å². The fraction of sp³-hybridized carbons (Fsp3) is 0.148. The van der Waals surface area contributed by atoms with E-state index < -0.39 is 10.0 Å². The molecule has 198 valence electrons. The van der Waals surface area contributed by atoms with Crippen molar-refractivity contribution in [2.45, 2.75) is 12.1 Å². The first kappa shape index (κ1) is 25.3. The number of methoxy groups -OCH3 is 1. The summed E-state index contributed by atoms with van der Waals surface area (Å²) in [6.45, 7) is 0. The van der Waals surface area contributed by atoms with Gasteiger partial charge in [0.1, 0.15) is 11.8 Å². The molecule has 2 atom stereocenters. The molecule has 2 N–H and O–H groups in total. The molecular formula is C27H24N6O3S3. The molecule has 1 saturated heterocycles. The lowest BCUT2D eigenvalue weighted by Crippen LogP contribution is -2.30. The minimum Gasteiger partial charge on any atom is -0.495 e. The lowest BCUT2D eigenvalue weighted by atomic mass is 10.0. The van der Waals surface area contributed by atoms with Crippen molar-refractivity contribution in [1.29, 1.82) is 0 Å². The molecule has 0 radical (unpaired) electrons. The number of para-hydroxylation sites is 1. The van der Waals surface area contributed by atoms with Crippen LogP contribution in [0.2, 0.25) is 0 Å². The number of sulfonamides is 1. The number of thiocarbonyl (C=S) groups is 1. The average molecular weight is 577 g/mol. The van der Waals surface area contributed by atoms with E-state index >= 15 is 0 Å². The number of aromatic nitrogens is 3. The lowest BCUT2D eigenvalue weighted by Gasteiger charge is -2.29. The maximum Gasteiger partial charge on any atom is 0.229 e. The largest absolute Gasteiger partial charge is 0.495 e. The second-order valence-corrected chi connectivity index (χ2v) is 12.2. The Bertz CT molecular complexity index is 1750. The summed E-state index contributed by atoms with van der Waals surface area (Å²) in [6.07, 6.45) is 4.85. The van der Waals surface area contributed by atoms with E-state index in [0.717, 1.165) is 33.0 Å². The molecule has 12 heteroatoms. The maximum absolute atomic E-state index is 12.1. The summed E-state index contributed by atoms with van der Waals surface area (Å²) < 4.78 is 35.3. The molecule has 5 aromatic rings. The van der Waals surface area contributed by atoms with Gasteiger partial charge in [0.25, 0.3) is 0 Å². The van der Waals surface area contributed by atoms with E-state index in [1.54, 1.807) is 29.7 Å². The maximum atomic E-state index is 12.1. The fourth-order valence-electron chi connectivity index (χ4n) is 4.83. The summed E-state index contributed by atoms with van der Waals surface area (Å²) in [5.74, 6) is 0.401. The van der Waals surface area contributed by atoms with Crippen LogP contribution in [0.25, 0.3) is 15.3 Å². The van der Waals surface area contributed by atoms with Gasteiger partial charge in [0.2, 0.25) is 10.0 Å². The van der Waals surface area contributed by atoms with E-state index in [4.69, 9.17) is 21.9 Å².